The average Bonchev–Trinajstić information content (AvgIpc) is 2.59. The summed E-state index contributed by atoms with van der Waals surface area (Å²) in [6.07, 6.45) is 0. The largest absolute Gasteiger partial charge is 0.457 e. The topological polar surface area (TPSA) is 72.5 Å². The Balaban J connectivity index is 2.40. The van der Waals surface area contributed by atoms with Gasteiger partial charge in [-0.25, -0.2) is 13.2 Å². The predicted molar refractivity (Wildman–Crippen MR) is 111 cm³/mol. The van der Waals surface area contributed by atoms with Gasteiger partial charge in [-0.15, -0.1) is 0 Å². The Morgan fingerprint density at radius 2 is 1.61 bits per heavy atom. The molecule has 0 heterocycles. The van der Waals surface area contributed by atoms with Gasteiger partial charge in [0.1, 0.15) is 5.60 Å². The highest BCUT2D eigenvalue weighted by Gasteiger charge is 2.29. The number of esters is 1. The molecule has 0 aliphatic carbocycles. The minimum Gasteiger partial charge on any atom is -0.457 e. The van der Waals surface area contributed by atoms with Gasteiger partial charge in [0, 0.05) is 5.02 Å². The van der Waals surface area contributed by atoms with Gasteiger partial charge in [0.05, 0.1) is 16.5 Å². The van der Waals surface area contributed by atoms with Crippen molar-refractivity contribution in [2.45, 2.75) is 44.2 Å². The average molecular weight is 422 g/mol. The van der Waals surface area contributed by atoms with Gasteiger partial charge in [-0.3, -0.25) is 0 Å². The van der Waals surface area contributed by atoms with Crippen molar-refractivity contribution in [3.63, 3.8) is 0 Å². The summed E-state index contributed by atoms with van der Waals surface area (Å²) in [5, 5.41) is 0.492. The lowest BCUT2D eigenvalue weighted by Gasteiger charge is -2.25. The Labute approximate surface area is 171 Å². The van der Waals surface area contributed by atoms with Crippen LogP contribution in [0, 0.1) is 6.92 Å². The third kappa shape index (κ3) is 5.92. The molecule has 0 fully saturated rings. The molecule has 1 atom stereocenters. The van der Waals surface area contributed by atoms with Crippen LogP contribution in [0.25, 0.3) is 0 Å². The molecule has 1 N–H and O–H groups in total. The number of rotatable bonds is 6. The van der Waals surface area contributed by atoms with E-state index < -0.39 is 27.6 Å². The number of benzene rings is 2. The predicted octanol–water partition coefficient (Wildman–Crippen LogP) is 4.57. The number of hydrogen-bond acceptors (Lipinski definition) is 4. The first-order valence-electron chi connectivity index (χ1n) is 8.66. The summed E-state index contributed by atoms with van der Waals surface area (Å²) in [6.45, 7) is 10.8. The van der Waals surface area contributed by atoms with Gasteiger partial charge in [0.25, 0.3) is 0 Å². The molecule has 0 saturated carbocycles. The number of ether oxygens (including phenoxy) is 1. The molecule has 0 aliphatic heterocycles. The van der Waals surface area contributed by atoms with Crippen LogP contribution in [0.1, 0.15) is 37.9 Å². The maximum atomic E-state index is 12.9. The third-order valence-electron chi connectivity index (χ3n) is 3.82. The van der Waals surface area contributed by atoms with Gasteiger partial charge in [0.15, 0.2) is 0 Å². The van der Waals surface area contributed by atoms with Crippen molar-refractivity contribution in [1.29, 1.82) is 0 Å². The summed E-state index contributed by atoms with van der Waals surface area (Å²) in [4.78, 5) is 12.6. The first-order chi connectivity index (χ1) is 12.9. The third-order valence-corrected chi connectivity index (χ3v) is 5.51. The highest BCUT2D eigenvalue weighted by Crippen LogP contribution is 2.27. The van der Waals surface area contributed by atoms with Crippen LogP contribution in [0.15, 0.2) is 65.6 Å². The van der Waals surface area contributed by atoms with Crippen molar-refractivity contribution in [2.75, 3.05) is 0 Å². The Bertz CT molecular complexity index is 959. The molecule has 7 heteroatoms. The minimum atomic E-state index is -3.91. The van der Waals surface area contributed by atoms with Crippen molar-refractivity contribution < 1.29 is 17.9 Å². The second kappa shape index (κ2) is 8.47. The van der Waals surface area contributed by atoms with Gasteiger partial charge < -0.3 is 4.74 Å². The molecule has 0 unspecified atom stereocenters. The van der Waals surface area contributed by atoms with Crippen molar-refractivity contribution in [2.24, 2.45) is 0 Å². The van der Waals surface area contributed by atoms with Crippen molar-refractivity contribution in [1.82, 2.24) is 4.72 Å². The van der Waals surface area contributed by atoms with Gasteiger partial charge in [-0.1, -0.05) is 48.0 Å². The second-order valence-corrected chi connectivity index (χ2v) is 9.60. The van der Waals surface area contributed by atoms with Crippen LogP contribution in [0.2, 0.25) is 5.02 Å². The van der Waals surface area contributed by atoms with E-state index in [0.29, 0.717) is 10.6 Å². The van der Waals surface area contributed by atoms with Crippen LogP contribution >= 0.6 is 11.6 Å². The summed E-state index contributed by atoms with van der Waals surface area (Å²) in [7, 11) is -3.91. The van der Waals surface area contributed by atoms with Crippen molar-refractivity contribution in [3.8, 4) is 0 Å². The molecule has 0 saturated heterocycles. The zero-order valence-corrected chi connectivity index (χ0v) is 17.9. The monoisotopic (exact) mass is 421 g/mol. The van der Waals surface area contributed by atoms with E-state index in [0.717, 1.165) is 5.56 Å². The molecule has 28 heavy (non-hydrogen) atoms. The van der Waals surface area contributed by atoms with E-state index in [1.54, 1.807) is 57.2 Å². The molecular weight excluding hydrogens is 398 g/mol. The standard InChI is InChI=1S/C21H24ClNO4S/c1-14-6-12-18(13-7-14)28(25,26)23-19(16-8-10-17(22)11-9-16)15(2)20(24)27-21(3,4)5/h6-13,19,23H,2H2,1,3-5H3/t19-/m1/s1. The second-order valence-electron chi connectivity index (χ2n) is 7.45. The lowest BCUT2D eigenvalue weighted by molar-refractivity contribution is -0.150. The molecule has 2 aromatic carbocycles. The number of carbonyl (C=O) groups excluding carboxylic acids is 1. The van der Waals surface area contributed by atoms with Gasteiger partial charge in [-0.2, -0.15) is 4.72 Å². The van der Waals surface area contributed by atoms with Crippen molar-refractivity contribution >= 4 is 27.6 Å². The highest BCUT2D eigenvalue weighted by molar-refractivity contribution is 7.89. The van der Waals surface area contributed by atoms with Crippen LogP contribution in [0.3, 0.4) is 0 Å². The van der Waals surface area contributed by atoms with E-state index in [-0.39, 0.29) is 10.5 Å². The molecular formula is C21H24ClNO4S. The van der Waals surface area contributed by atoms with Crippen LogP contribution in [-0.2, 0) is 19.6 Å². The molecule has 150 valence electrons. The molecule has 0 spiro atoms. The summed E-state index contributed by atoms with van der Waals surface area (Å²) in [6, 6.07) is 11.9. The number of sulfonamides is 1. The Hall–Kier alpha value is -2.15. The molecule has 0 aromatic heterocycles. The SMILES string of the molecule is C=C(C(=O)OC(C)(C)C)[C@@H](NS(=O)(=O)c1ccc(C)cc1)c1ccc(Cl)cc1. The summed E-state index contributed by atoms with van der Waals surface area (Å²) in [5.74, 6) is -0.681. The molecule has 2 rings (SSSR count). The number of carbonyl (C=O) groups is 1. The minimum absolute atomic E-state index is 0.0204. The Morgan fingerprint density at radius 3 is 2.11 bits per heavy atom. The van der Waals surface area contributed by atoms with E-state index >= 15 is 0 Å². The fraction of sp³-hybridized carbons (Fsp3) is 0.286. The zero-order valence-electron chi connectivity index (χ0n) is 16.3. The quantitative estimate of drug-likeness (QED) is 0.548. The summed E-state index contributed by atoms with van der Waals surface area (Å²) < 4.78 is 33.7. The molecule has 0 amide bonds. The van der Waals surface area contributed by atoms with Crippen LogP contribution in [0.4, 0.5) is 0 Å². The Morgan fingerprint density at radius 1 is 1.07 bits per heavy atom. The first kappa shape index (κ1) is 22.1. The first-order valence-corrected chi connectivity index (χ1v) is 10.5. The van der Waals surface area contributed by atoms with E-state index in [1.807, 2.05) is 6.92 Å². The maximum absolute atomic E-state index is 12.9. The normalized spacial score (nSPS) is 13.0. The van der Waals surface area contributed by atoms with Crippen LogP contribution < -0.4 is 4.72 Å². The van der Waals surface area contributed by atoms with E-state index in [4.69, 9.17) is 16.3 Å². The number of nitrogens with one attached hydrogen (secondary N) is 1. The fourth-order valence-corrected chi connectivity index (χ4v) is 3.74. The molecule has 0 radical (unpaired) electrons. The number of aryl methyl sites for hydroxylation is 1. The Kier molecular flexibility index (Phi) is 6.70. The van der Waals surface area contributed by atoms with Crippen molar-refractivity contribution in [3.05, 3.63) is 76.8 Å². The van der Waals surface area contributed by atoms with Gasteiger partial charge in [-0.05, 0) is 57.5 Å². The summed E-state index contributed by atoms with van der Waals surface area (Å²) in [5.41, 5.74) is 0.704. The van der Waals surface area contributed by atoms with Crippen LogP contribution in [0.5, 0.6) is 0 Å². The highest BCUT2D eigenvalue weighted by atomic mass is 35.5. The van der Waals surface area contributed by atoms with Gasteiger partial charge >= 0.3 is 5.97 Å². The molecule has 0 bridgehead atoms. The molecule has 5 nitrogen and oxygen atoms in total. The van der Waals surface area contributed by atoms with Gasteiger partial charge in [0.2, 0.25) is 10.0 Å². The fourth-order valence-electron chi connectivity index (χ4n) is 2.40. The zero-order chi connectivity index (χ0) is 21.1. The van der Waals surface area contributed by atoms with E-state index in [9.17, 15) is 13.2 Å². The van der Waals surface area contributed by atoms with E-state index in [1.165, 1.54) is 12.1 Å². The lowest BCUT2D eigenvalue weighted by atomic mass is 10.0. The summed E-state index contributed by atoms with van der Waals surface area (Å²) >= 11 is 5.94. The smallest absolute Gasteiger partial charge is 0.335 e. The number of hydrogen-bond donors (Lipinski definition) is 1. The van der Waals surface area contributed by atoms with E-state index in [2.05, 4.69) is 11.3 Å². The molecule has 2 aromatic rings. The maximum Gasteiger partial charge on any atom is 0.335 e. The molecule has 0 aliphatic rings. The lowest BCUT2D eigenvalue weighted by Crippen LogP contribution is -2.34. The van der Waals surface area contributed by atoms with Crippen LogP contribution in [-0.4, -0.2) is 20.0 Å². The number of halogens is 1.